The van der Waals surface area contributed by atoms with Crippen LogP contribution >= 0.6 is 15.9 Å². The van der Waals surface area contributed by atoms with Crippen LogP contribution in [0.2, 0.25) is 0 Å². The van der Waals surface area contributed by atoms with Gasteiger partial charge < -0.3 is 9.67 Å². The molecule has 3 aromatic rings. The molecule has 1 aromatic carbocycles. The van der Waals surface area contributed by atoms with E-state index in [1.165, 1.54) is 0 Å². The Morgan fingerprint density at radius 1 is 1.32 bits per heavy atom. The molecule has 0 bridgehead atoms. The number of aromatic nitrogens is 3. The Bertz CT molecular complexity index is 752. The predicted molar refractivity (Wildman–Crippen MR) is 78.0 cm³/mol. The smallest absolute Gasteiger partial charge is 0.144 e. The third kappa shape index (κ3) is 2.00. The molecule has 1 N–H and O–H groups in total. The van der Waals surface area contributed by atoms with Gasteiger partial charge in [-0.25, -0.2) is 4.98 Å². The van der Waals surface area contributed by atoms with Crippen LogP contribution in [0.1, 0.15) is 6.92 Å². The molecule has 0 saturated carbocycles. The first-order chi connectivity index (χ1) is 9.20. The van der Waals surface area contributed by atoms with Crippen LogP contribution in [-0.2, 0) is 6.54 Å². The number of hydrogen-bond acceptors (Lipinski definition) is 3. The molecule has 4 nitrogen and oxygen atoms in total. The maximum atomic E-state index is 10.0. The second-order valence-electron chi connectivity index (χ2n) is 4.21. The summed E-state index contributed by atoms with van der Waals surface area (Å²) in [5.41, 5.74) is 2.57. The first-order valence-corrected chi connectivity index (χ1v) is 6.79. The SMILES string of the molecule is CCn1c(-c2cc(Br)ccc2O)nc2cnccc21. The molecule has 0 unspecified atom stereocenters. The maximum absolute atomic E-state index is 10.0. The third-order valence-corrected chi connectivity index (χ3v) is 3.56. The van der Waals surface area contributed by atoms with E-state index in [2.05, 4.69) is 37.4 Å². The van der Waals surface area contributed by atoms with Gasteiger partial charge in [-0.3, -0.25) is 4.98 Å². The van der Waals surface area contributed by atoms with Crippen LogP contribution in [0.25, 0.3) is 22.4 Å². The summed E-state index contributed by atoms with van der Waals surface area (Å²) in [6.07, 6.45) is 3.49. The fraction of sp³-hybridized carbons (Fsp3) is 0.143. The van der Waals surface area contributed by atoms with Gasteiger partial charge in [0.25, 0.3) is 0 Å². The van der Waals surface area contributed by atoms with Gasteiger partial charge in [-0.05, 0) is 31.2 Å². The number of hydrogen-bond donors (Lipinski definition) is 1. The number of rotatable bonds is 2. The van der Waals surface area contributed by atoms with Gasteiger partial charge >= 0.3 is 0 Å². The lowest BCUT2D eigenvalue weighted by Gasteiger charge is -2.08. The molecule has 0 fully saturated rings. The molecular weight excluding hydrogens is 306 g/mol. The van der Waals surface area contributed by atoms with E-state index in [1.54, 1.807) is 24.5 Å². The number of benzene rings is 1. The van der Waals surface area contributed by atoms with Crippen LogP contribution in [0.3, 0.4) is 0 Å². The van der Waals surface area contributed by atoms with Crippen molar-refractivity contribution in [3.8, 4) is 17.1 Å². The number of phenolic OH excluding ortho intramolecular Hbond substituents is 1. The van der Waals surface area contributed by atoms with Crippen molar-refractivity contribution in [1.82, 2.24) is 14.5 Å². The fourth-order valence-corrected chi connectivity index (χ4v) is 2.56. The molecule has 2 aromatic heterocycles. The number of pyridine rings is 1. The van der Waals surface area contributed by atoms with E-state index in [0.29, 0.717) is 5.56 Å². The van der Waals surface area contributed by atoms with Gasteiger partial charge in [-0.2, -0.15) is 0 Å². The molecule has 0 amide bonds. The summed E-state index contributed by atoms with van der Waals surface area (Å²) in [4.78, 5) is 8.66. The minimum Gasteiger partial charge on any atom is -0.507 e. The molecule has 0 aliphatic heterocycles. The van der Waals surface area contributed by atoms with Gasteiger partial charge in [0.1, 0.15) is 17.1 Å². The average Bonchev–Trinajstić information content (AvgIpc) is 2.79. The highest BCUT2D eigenvalue weighted by atomic mass is 79.9. The Morgan fingerprint density at radius 3 is 2.95 bits per heavy atom. The number of aryl methyl sites for hydroxylation is 1. The molecule has 0 aliphatic rings. The monoisotopic (exact) mass is 317 g/mol. The number of fused-ring (bicyclic) bond motifs is 1. The lowest BCUT2D eigenvalue weighted by Crippen LogP contribution is -1.97. The standard InChI is InChI=1S/C14H12BrN3O/c1-2-18-12-5-6-16-8-11(12)17-14(18)10-7-9(15)3-4-13(10)19/h3-8,19H,2H2,1H3. The second-order valence-corrected chi connectivity index (χ2v) is 5.12. The molecule has 96 valence electrons. The third-order valence-electron chi connectivity index (χ3n) is 3.07. The van der Waals surface area contributed by atoms with E-state index in [1.807, 2.05) is 12.1 Å². The summed E-state index contributed by atoms with van der Waals surface area (Å²) in [5, 5.41) is 10.0. The lowest BCUT2D eigenvalue weighted by atomic mass is 10.2. The normalized spacial score (nSPS) is 11.1. The quantitative estimate of drug-likeness (QED) is 0.785. The van der Waals surface area contributed by atoms with Crippen LogP contribution in [0, 0.1) is 0 Å². The molecule has 0 spiro atoms. The minimum atomic E-state index is 0.223. The van der Waals surface area contributed by atoms with E-state index in [9.17, 15) is 5.11 Å². The zero-order chi connectivity index (χ0) is 13.4. The first kappa shape index (κ1) is 12.2. The van der Waals surface area contributed by atoms with Crippen molar-refractivity contribution in [1.29, 1.82) is 0 Å². The molecule has 0 radical (unpaired) electrons. The summed E-state index contributed by atoms with van der Waals surface area (Å²) in [6.45, 7) is 2.84. The van der Waals surface area contributed by atoms with Crippen LogP contribution in [0.4, 0.5) is 0 Å². The Kier molecular flexibility index (Phi) is 2.98. The molecule has 19 heavy (non-hydrogen) atoms. The van der Waals surface area contributed by atoms with Crippen molar-refractivity contribution in [2.45, 2.75) is 13.5 Å². The zero-order valence-electron chi connectivity index (χ0n) is 10.3. The van der Waals surface area contributed by atoms with Crippen LogP contribution < -0.4 is 0 Å². The Labute approximate surface area is 118 Å². The largest absolute Gasteiger partial charge is 0.507 e. The van der Waals surface area contributed by atoms with Crippen molar-refractivity contribution < 1.29 is 5.11 Å². The topological polar surface area (TPSA) is 50.9 Å². The Hall–Kier alpha value is -1.88. The number of halogens is 1. The van der Waals surface area contributed by atoms with Gasteiger partial charge in [0.05, 0.1) is 17.3 Å². The van der Waals surface area contributed by atoms with Crippen molar-refractivity contribution >= 4 is 27.0 Å². The molecule has 3 rings (SSSR count). The van der Waals surface area contributed by atoms with E-state index in [-0.39, 0.29) is 5.75 Å². The number of aromatic hydroxyl groups is 1. The average molecular weight is 318 g/mol. The highest BCUT2D eigenvalue weighted by Gasteiger charge is 2.14. The van der Waals surface area contributed by atoms with Gasteiger partial charge in [0.15, 0.2) is 0 Å². The number of imidazole rings is 1. The van der Waals surface area contributed by atoms with E-state index < -0.39 is 0 Å². The van der Waals surface area contributed by atoms with Gasteiger partial charge in [-0.1, -0.05) is 15.9 Å². The van der Waals surface area contributed by atoms with Crippen LogP contribution in [0.5, 0.6) is 5.75 Å². The van der Waals surface area contributed by atoms with Crippen molar-refractivity contribution in [3.05, 3.63) is 41.1 Å². The number of nitrogens with zero attached hydrogens (tertiary/aromatic N) is 3. The van der Waals surface area contributed by atoms with Crippen LogP contribution in [0.15, 0.2) is 41.1 Å². The van der Waals surface area contributed by atoms with E-state index in [0.717, 1.165) is 27.9 Å². The van der Waals surface area contributed by atoms with Gasteiger partial charge in [0, 0.05) is 17.2 Å². The fourth-order valence-electron chi connectivity index (χ4n) is 2.19. The highest BCUT2D eigenvalue weighted by molar-refractivity contribution is 9.10. The van der Waals surface area contributed by atoms with Crippen molar-refractivity contribution in [2.75, 3.05) is 0 Å². The first-order valence-electron chi connectivity index (χ1n) is 6.00. The predicted octanol–water partition coefficient (Wildman–Crippen LogP) is 3.59. The number of phenols is 1. The minimum absolute atomic E-state index is 0.223. The maximum Gasteiger partial charge on any atom is 0.144 e. The molecule has 0 saturated heterocycles. The molecular formula is C14H12BrN3O. The Morgan fingerprint density at radius 2 is 2.16 bits per heavy atom. The Balaban J connectivity index is 2.33. The zero-order valence-corrected chi connectivity index (χ0v) is 11.9. The van der Waals surface area contributed by atoms with Gasteiger partial charge in [-0.15, -0.1) is 0 Å². The molecule has 5 heteroatoms. The summed E-state index contributed by atoms with van der Waals surface area (Å²) in [6, 6.07) is 7.27. The van der Waals surface area contributed by atoms with Crippen LogP contribution in [-0.4, -0.2) is 19.6 Å². The van der Waals surface area contributed by atoms with Gasteiger partial charge in [0.2, 0.25) is 0 Å². The lowest BCUT2D eigenvalue weighted by molar-refractivity contribution is 0.476. The van der Waals surface area contributed by atoms with E-state index in [4.69, 9.17) is 0 Å². The van der Waals surface area contributed by atoms with E-state index >= 15 is 0 Å². The van der Waals surface area contributed by atoms with Crippen molar-refractivity contribution in [3.63, 3.8) is 0 Å². The molecule has 2 heterocycles. The summed E-state index contributed by atoms with van der Waals surface area (Å²) >= 11 is 3.42. The summed E-state index contributed by atoms with van der Waals surface area (Å²) < 4.78 is 2.98. The summed E-state index contributed by atoms with van der Waals surface area (Å²) in [7, 11) is 0. The van der Waals surface area contributed by atoms with Crippen molar-refractivity contribution in [2.24, 2.45) is 0 Å². The second kappa shape index (κ2) is 4.66. The molecule has 0 aliphatic carbocycles. The summed E-state index contributed by atoms with van der Waals surface area (Å²) in [5.74, 6) is 0.977. The molecule has 0 atom stereocenters. The highest BCUT2D eigenvalue weighted by Crippen LogP contribution is 2.33.